The lowest BCUT2D eigenvalue weighted by Gasteiger charge is -2.11. The van der Waals surface area contributed by atoms with Gasteiger partial charge in [-0.3, -0.25) is 0 Å². The molecule has 0 unspecified atom stereocenters. The van der Waals surface area contributed by atoms with Crippen LogP contribution in [0.3, 0.4) is 0 Å². The van der Waals surface area contributed by atoms with E-state index in [1.165, 1.54) is 24.3 Å². The molecule has 0 radical (unpaired) electrons. The first kappa shape index (κ1) is 19.3. The van der Waals surface area contributed by atoms with Crippen LogP contribution in [0.5, 0.6) is 5.75 Å². The molecular formula is C19H19NO5S2. The fraction of sp³-hybridized carbons (Fsp3) is 0.158. The van der Waals surface area contributed by atoms with E-state index in [-0.39, 0.29) is 22.9 Å². The van der Waals surface area contributed by atoms with Crippen LogP contribution >= 0.6 is 0 Å². The molecule has 0 fully saturated rings. The summed E-state index contributed by atoms with van der Waals surface area (Å²) in [5, 5.41) is 2.00. The smallest absolute Gasteiger partial charge is 0.240 e. The van der Waals surface area contributed by atoms with Crippen LogP contribution in [0, 0.1) is 0 Å². The van der Waals surface area contributed by atoms with Crippen molar-refractivity contribution in [3.05, 3.63) is 66.7 Å². The number of fused-ring (bicyclic) bond motifs is 1. The van der Waals surface area contributed by atoms with E-state index >= 15 is 0 Å². The first-order valence-corrected chi connectivity index (χ1v) is 11.6. The van der Waals surface area contributed by atoms with Crippen molar-refractivity contribution in [1.82, 2.24) is 4.72 Å². The lowest BCUT2D eigenvalue weighted by Crippen LogP contribution is -2.28. The van der Waals surface area contributed by atoms with Gasteiger partial charge in [0, 0.05) is 18.2 Å². The largest absolute Gasteiger partial charge is 0.492 e. The van der Waals surface area contributed by atoms with Crippen molar-refractivity contribution in [3.63, 3.8) is 0 Å². The summed E-state index contributed by atoms with van der Waals surface area (Å²) in [6.07, 6.45) is 1.07. The van der Waals surface area contributed by atoms with Gasteiger partial charge in [-0.1, -0.05) is 36.4 Å². The molecule has 0 aliphatic carbocycles. The van der Waals surface area contributed by atoms with Crippen molar-refractivity contribution in [1.29, 1.82) is 0 Å². The van der Waals surface area contributed by atoms with E-state index in [9.17, 15) is 16.8 Å². The van der Waals surface area contributed by atoms with Crippen LogP contribution in [0.2, 0.25) is 0 Å². The second kappa shape index (κ2) is 7.67. The topological polar surface area (TPSA) is 89.5 Å². The van der Waals surface area contributed by atoms with E-state index in [2.05, 4.69) is 4.72 Å². The van der Waals surface area contributed by atoms with Crippen LogP contribution in [0.25, 0.3) is 10.8 Å². The molecule has 0 amide bonds. The number of nitrogens with one attached hydrogen (secondary N) is 1. The number of rotatable bonds is 7. The molecule has 0 aliphatic rings. The molecular weight excluding hydrogens is 386 g/mol. The Bertz CT molecular complexity index is 1150. The molecule has 8 heteroatoms. The van der Waals surface area contributed by atoms with Gasteiger partial charge in [0.25, 0.3) is 0 Å². The molecule has 0 atom stereocenters. The number of sulfone groups is 1. The van der Waals surface area contributed by atoms with Crippen molar-refractivity contribution in [2.24, 2.45) is 0 Å². The predicted octanol–water partition coefficient (Wildman–Crippen LogP) is 2.60. The van der Waals surface area contributed by atoms with Gasteiger partial charge in [-0.15, -0.1) is 0 Å². The molecule has 0 heterocycles. The maximum Gasteiger partial charge on any atom is 0.240 e. The Labute approximate surface area is 158 Å². The zero-order valence-corrected chi connectivity index (χ0v) is 16.3. The van der Waals surface area contributed by atoms with Gasteiger partial charge in [0.15, 0.2) is 9.84 Å². The maximum absolute atomic E-state index is 12.3. The van der Waals surface area contributed by atoms with Crippen LogP contribution in [-0.2, 0) is 19.9 Å². The average Bonchev–Trinajstić information content (AvgIpc) is 2.65. The van der Waals surface area contributed by atoms with Gasteiger partial charge in [-0.2, -0.15) is 0 Å². The van der Waals surface area contributed by atoms with E-state index in [1.807, 2.05) is 42.5 Å². The highest BCUT2D eigenvalue weighted by Crippen LogP contribution is 2.24. The molecule has 3 rings (SSSR count). The number of benzene rings is 3. The molecule has 3 aromatic carbocycles. The highest BCUT2D eigenvalue weighted by molar-refractivity contribution is 7.90. The normalized spacial score (nSPS) is 12.2. The van der Waals surface area contributed by atoms with Crippen molar-refractivity contribution in [3.8, 4) is 5.75 Å². The minimum atomic E-state index is -3.74. The van der Waals surface area contributed by atoms with Crippen LogP contribution in [0.15, 0.2) is 76.5 Å². The highest BCUT2D eigenvalue weighted by atomic mass is 32.2. The van der Waals surface area contributed by atoms with Crippen LogP contribution in [0.1, 0.15) is 0 Å². The third-order valence-electron chi connectivity index (χ3n) is 3.96. The quantitative estimate of drug-likeness (QED) is 0.610. The molecule has 0 saturated heterocycles. The summed E-state index contributed by atoms with van der Waals surface area (Å²) < 4.78 is 55.7. The Morgan fingerprint density at radius 2 is 1.44 bits per heavy atom. The number of ether oxygens (including phenoxy) is 1. The molecule has 3 aromatic rings. The third kappa shape index (κ3) is 4.65. The lowest BCUT2D eigenvalue weighted by molar-refractivity contribution is 0.326. The average molecular weight is 405 g/mol. The first-order chi connectivity index (χ1) is 12.8. The Morgan fingerprint density at radius 1 is 0.815 bits per heavy atom. The van der Waals surface area contributed by atoms with Gasteiger partial charge in [0.2, 0.25) is 10.0 Å². The Hall–Kier alpha value is -2.42. The number of hydrogen-bond acceptors (Lipinski definition) is 5. The van der Waals surface area contributed by atoms with Gasteiger partial charge in [0.1, 0.15) is 12.4 Å². The minimum Gasteiger partial charge on any atom is -0.492 e. The Balaban J connectivity index is 1.62. The predicted molar refractivity (Wildman–Crippen MR) is 104 cm³/mol. The second-order valence-corrected chi connectivity index (χ2v) is 9.75. The molecule has 1 N–H and O–H groups in total. The lowest BCUT2D eigenvalue weighted by atomic mass is 10.1. The SMILES string of the molecule is CS(=O)(=O)c1ccc(S(=O)(=O)NCCOc2cccc3ccccc23)cc1. The standard InChI is InChI=1S/C19H19NO5S2/c1-26(21,22)16-9-11-17(12-10-16)27(23,24)20-13-14-25-19-8-4-6-15-5-2-3-7-18(15)19/h2-12,20H,13-14H2,1H3. The summed E-state index contributed by atoms with van der Waals surface area (Å²) in [6.45, 7) is 0.244. The van der Waals surface area contributed by atoms with E-state index in [4.69, 9.17) is 4.74 Å². The number of hydrogen-bond donors (Lipinski definition) is 1. The highest BCUT2D eigenvalue weighted by Gasteiger charge is 2.15. The van der Waals surface area contributed by atoms with E-state index in [1.54, 1.807) is 0 Å². The van der Waals surface area contributed by atoms with E-state index in [0.717, 1.165) is 17.0 Å². The molecule has 142 valence electrons. The Morgan fingerprint density at radius 3 is 2.15 bits per heavy atom. The van der Waals surface area contributed by atoms with Gasteiger partial charge in [0.05, 0.1) is 9.79 Å². The zero-order valence-electron chi connectivity index (χ0n) is 14.6. The fourth-order valence-corrected chi connectivity index (χ4v) is 4.25. The first-order valence-electron chi connectivity index (χ1n) is 8.18. The summed E-state index contributed by atoms with van der Waals surface area (Å²) in [6, 6.07) is 18.6. The van der Waals surface area contributed by atoms with Crippen molar-refractivity contribution in [2.45, 2.75) is 9.79 Å². The van der Waals surface area contributed by atoms with Gasteiger partial charge >= 0.3 is 0 Å². The zero-order chi connectivity index (χ0) is 19.5. The molecule has 0 spiro atoms. The molecule has 0 bridgehead atoms. The van der Waals surface area contributed by atoms with E-state index < -0.39 is 19.9 Å². The summed E-state index contributed by atoms with van der Waals surface area (Å²) >= 11 is 0. The van der Waals surface area contributed by atoms with Crippen molar-refractivity contribution >= 4 is 30.6 Å². The Kier molecular flexibility index (Phi) is 5.50. The molecule has 6 nitrogen and oxygen atoms in total. The summed E-state index contributed by atoms with van der Waals surface area (Å²) in [4.78, 5) is 0.0702. The maximum atomic E-state index is 12.3. The second-order valence-electron chi connectivity index (χ2n) is 5.97. The van der Waals surface area contributed by atoms with Gasteiger partial charge < -0.3 is 4.74 Å². The molecule has 0 saturated carbocycles. The number of sulfonamides is 1. The molecule has 0 aromatic heterocycles. The van der Waals surface area contributed by atoms with Crippen molar-refractivity contribution < 1.29 is 21.6 Å². The summed E-state index contributed by atoms with van der Waals surface area (Å²) in [5.41, 5.74) is 0. The fourth-order valence-electron chi connectivity index (χ4n) is 2.61. The van der Waals surface area contributed by atoms with Gasteiger partial charge in [-0.05, 0) is 35.7 Å². The van der Waals surface area contributed by atoms with Crippen LogP contribution in [-0.4, -0.2) is 36.2 Å². The summed E-state index contributed by atoms with van der Waals surface area (Å²) in [7, 11) is -7.11. The monoisotopic (exact) mass is 405 g/mol. The van der Waals surface area contributed by atoms with Crippen molar-refractivity contribution in [2.75, 3.05) is 19.4 Å². The van der Waals surface area contributed by atoms with Crippen LogP contribution in [0.4, 0.5) is 0 Å². The van der Waals surface area contributed by atoms with E-state index in [0.29, 0.717) is 5.75 Å². The molecule has 27 heavy (non-hydrogen) atoms. The van der Waals surface area contributed by atoms with Gasteiger partial charge in [-0.25, -0.2) is 21.6 Å². The summed E-state index contributed by atoms with van der Waals surface area (Å²) in [5.74, 6) is 0.685. The van der Waals surface area contributed by atoms with Crippen LogP contribution < -0.4 is 9.46 Å². The molecule has 0 aliphatic heterocycles. The third-order valence-corrected chi connectivity index (χ3v) is 6.57. The minimum absolute atomic E-state index is 0.0000564.